The Bertz CT molecular complexity index is 340. The van der Waals surface area contributed by atoms with Gasteiger partial charge >= 0.3 is 0 Å². The molecule has 1 nitrogen and oxygen atoms in total. The Labute approximate surface area is 113 Å². The van der Waals surface area contributed by atoms with E-state index in [0.717, 1.165) is 0 Å². The van der Waals surface area contributed by atoms with E-state index < -0.39 is 0 Å². The van der Waals surface area contributed by atoms with Crippen molar-refractivity contribution in [3.8, 4) is 0 Å². The second-order valence-corrected chi connectivity index (χ2v) is 6.00. The summed E-state index contributed by atoms with van der Waals surface area (Å²) >= 11 is 0. The summed E-state index contributed by atoms with van der Waals surface area (Å²) in [4.78, 5) is 4.51. The highest BCUT2D eigenvalue weighted by atomic mass is 14.6. The molecule has 0 aliphatic heterocycles. The lowest BCUT2D eigenvalue weighted by Gasteiger charge is -2.31. The van der Waals surface area contributed by atoms with Crippen LogP contribution in [0, 0.1) is 0 Å². The van der Waals surface area contributed by atoms with E-state index in [2.05, 4.69) is 65.0 Å². The van der Waals surface area contributed by atoms with E-state index in [4.69, 9.17) is 0 Å². The third-order valence-corrected chi connectivity index (χ3v) is 5.25. The van der Waals surface area contributed by atoms with E-state index in [0.29, 0.717) is 0 Å². The van der Waals surface area contributed by atoms with Gasteiger partial charge in [-0.1, -0.05) is 47.6 Å². The second kappa shape index (κ2) is 5.86. The van der Waals surface area contributed by atoms with Crippen LogP contribution >= 0.6 is 0 Å². The Kier molecular flexibility index (Phi) is 4.95. The quantitative estimate of drug-likeness (QED) is 0.670. The summed E-state index contributed by atoms with van der Waals surface area (Å²) in [7, 11) is 0. The van der Waals surface area contributed by atoms with Crippen molar-refractivity contribution in [3.63, 3.8) is 0 Å². The zero-order chi connectivity index (χ0) is 13.8. The first-order valence-corrected chi connectivity index (χ1v) is 7.41. The Morgan fingerprint density at radius 2 is 1.11 bits per heavy atom. The van der Waals surface area contributed by atoms with Gasteiger partial charge in [0, 0.05) is 12.4 Å². The fourth-order valence-corrected chi connectivity index (χ4v) is 2.42. The summed E-state index contributed by atoms with van der Waals surface area (Å²) in [5.74, 6) is 0. The van der Waals surface area contributed by atoms with E-state index in [1.54, 1.807) is 0 Å². The van der Waals surface area contributed by atoms with Crippen molar-refractivity contribution in [3.05, 3.63) is 29.6 Å². The Hall–Kier alpha value is -0.850. The molecule has 0 saturated carbocycles. The topological polar surface area (TPSA) is 12.9 Å². The molecule has 0 radical (unpaired) electrons. The van der Waals surface area contributed by atoms with Gasteiger partial charge in [-0.15, -0.1) is 0 Å². The molecule has 0 unspecified atom stereocenters. The highest BCUT2D eigenvalue weighted by molar-refractivity contribution is 5.30. The Morgan fingerprint density at radius 3 is 1.39 bits per heavy atom. The summed E-state index contributed by atoms with van der Waals surface area (Å²) < 4.78 is 0. The molecule has 0 fully saturated rings. The third kappa shape index (κ3) is 2.76. The first-order chi connectivity index (χ1) is 8.45. The average molecular weight is 247 g/mol. The molecule has 0 spiro atoms. The van der Waals surface area contributed by atoms with Crippen molar-refractivity contribution < 1.29 is 0 Å². The van der Waals surface area contributed by atoms with Crippen molar-refractivity contribution in [1.29, 1.82) is 0 Å². The number of nitrogens with zero attached hydrogens (tertiary/aromatic N) is 1. The van der Waals surface area contributed by atoms with E-state index in [1.807, 2.05) is 0 Å². The number of aromatic nitrogens is 1. The van der Waals surface area contributed by atoms with Gasteiger partial charge in [-0.2, -0.15) is 0 Å². The maximum Gasteiger partial charge on any atom is 0.0305 e. The van der Waals surface area contributed by atoms with Gasteiger partial charge in [0.15, 0.2) is 0 Å². The molecule has 1 aromatic heterocycles. The van der Waals surface area contributed by atoms with E-state index in [-0.39, 0.29) is 10.8 Å². The first kappa shape index (κ1) is 15.2. The summed E-state index contributed by atoms with van der Waals surface area (Å²) in [5, 5.41) is 0. The van der Waals surface area contributed by atoms with Crippen LogP contribution in [0.5, 0.6) is 0 Å². The van der Waals surface area contributed by atoms with E-state index in [9.17, 15) is 0 Å². The molecule has 0 aromatic carbocycles. The molecule has 1 heteroatoms. The highest BCUT2D eigenvalue weighted by Crippen LogP contribution is 2.35. The molecule has 0 aliphatic rings. The molecule has 0 aliphatic carbocycles. The van der Waals surface area contributed by atoms with Crippen molar-refractivity contribution in [2.45, 2.75) is 78.1 Å². The zero-order valence-electron chi connectivity index (χ0n) is 13.0. The molecule has 0 saturated heterocycles. The second-order valence-electron chi connectivity index (χ2n) is 6.00. The van der Waals surface area contributed by atoms with Crippen molar-refractivity contribution in [2.24, 2.45) is 0 Å². The SMILES string of the molecule is CCC(C)(CC)c1cncc(C(C)(CC)CC)c1. The zero-order valence-corrected chi connectivity index (χ0v) is 13.0. The molecule has 0 atom stereocenters. The van der Waals surface area contributed by atoms with Crippen LogP contribution in [0.15, 0.2) is 18.5 Å². The molecule has 1 aromatic rings. The Balaban J connectivity index is 3.21. The van der Waals surface area contributed by atoms with Crippen LogP contribution in [0.2, 0.25) is 0 Å². The normalized spacial score (nSPS) is 12.8. The molecule has 1 rings (SSSR count). The first-order valence-electron chi connectivity index (χ1n) is 7.41. The molecular weight excluding hydrogens is 218 g/mol. The molecular formula is C17H29N. The van der Waals surface area contributed by atoms with Crippen molar-refractivity contribution >= 4 is 0 Å². The summed E-state index contributed by atoms with van der Waals surface area (Å²) in [5.41, 5.74) is 3.34. The molecule has 0 amide bonds. The van der Waals surface area contributed by atoms with Crippen molar-refractivity contribution in [2.75, 3.05) is 0 Å². The lowest BCUT2D eigenvalue weighted by atomic mass is 9.74. The molecule has 102 valence electrons. The lowest BCUT2D eigenvalue weighted by molar-refractivity contribution is 0.421. The van der Waals surface area contributed by atoms with Gasteiger partial charge in [0.05, 0.1) is 0 Å². The predicted molar refractivity (Wildman–Crippen MR) is 80.1 cm³/mol. The van der Waals surface area contributed by atoms with Crippen LogP contribution in [-0.4, -0.2) is 4.98 Å². The molecule has 1 heterocycles. The van der Waals surface area contributed by atoms with Crippen LogP contribution in [0.3, 0.4) is 0 Å². The largest absolute Gasteiger partial charge is 0.264 e. The smallest absolute Gasteiger partial charge is 0.0305 e. The predicted octanol–water partition coefficient (Wildman–Crippen LogP) is 5.24. The van der Waals surface area contributed by atoms with Gasteiger partial charge in [-0.3, -0.25) is 4.98 Å². The van der Waals surface area contributed by atoms with Gasteiger partial charge in [-0.05, 0) is 47.6 Å². The molecule has 0 bridgehead atoms. The van der Waals surface area contributed by atoms with Gasteiger partial charge in [0.2, 0.25) is 0 Å². The number of rotatable bonds is 6. The lowest BCUT2D eigenvalue weighted by Crippen LogP contribution is -2.24. The van der Waals surface area contributed by atoms with Gasteiger partial charge in [0.1, 0.15) is 0 Å². The van der Waals surface area contributed by atoms with Crippen LogP contribution in [0.25, 0.3) is 0 Å². The Morgan fingerprint density at radius 1 is 0.778 bits per heavy atom. The summed E-state index contributed by atoms with van der Waals surface area (Å²) in [6, 6.07) is 2.40. The van der Waals surface area contributed by atoms with Crippen molar-refractivity contribution in [1.82, 2.24) is 4.98 Å². The summed E-state index contributed by atoms with van der Waals surface area (Å²) in [6.45, 7) is 13.8. The van der Waals surface area contributed by atoms with Crippen LogP contribution < -0.4 is 0 Å². The van der Waals surface area contributed by atoms with E-state index >= 15 is 0 Å². The van der Waals surface area contributed by atoms with Gasteiger partial charge in [0.25, 0.3) is 0 Å². The third-order valence-electron chi connectivity index (χ3n) is 5.25. The minimum absolute atomic E-state index is 0.269. The standard InChI is InChI=1S/C17H29N/c1-7-16(5,8-2)14-11-15(13-18-12-14)17(6,9-3)10-4/h11-13H,7-10H2,1-6H3. The van der Waals surface area contributed by atoms with E-state index in [1.165, 1.54) is 36.8 Å². The average Bonchev–Trinajstić information content (AvgIpc) is 2.45. The van der Waals surface area contributed by atoms with Gasteiger partial charge in [-0.25, -0.2) is 0 Å². The minimum atomic E-state index is 0.269. The van der Waals surface area contributed by atoms with Crippen LogP contribution in [0.1, 0.15) is 78.4 Å². The monoisotopic (exact) mass is 247 g/mol. The molecule has 0 N–H and O–H groups in total. The van der Waals surface area contributed by atoms with Crippen LogP contribution in [-0.2, 0) is 10.8 Å². The number of hydrogen-bond acceptors (Lipinski definition) is 1. The summed E-state index contributed by atoms with van der Waals surface area (Å²) in [6.07, 6.45) is 8.80. The maximum atomic E-state index is 4.51. The van der Waals surface area contributed by atoms with Gasteiger partial charge < -0.3 is 0 Å². The van der Waals surface area contributed by atoms with Crippen LogP contribution in [0.4, 0.5) is 0 Å². The maximum absolute atomic E-state index is 4.51. The highest BCUT2D eigenvalue weighted by Gasteiger charge is 2.27. The fourth-order valence-electron chi connectivity index (χ4n) is 2.42. The molecule has 18 heavy (non-hydrogen) atoms. The number of pyridine rings is 1. The minimum Gasteiger partial charge on any atom is -0.264 e. The fraction of sp³-hybridized carbons (Fsp3) is 0.706. The number of hydrogen-bond donors (Lipinski definition) is 0.